The second-order valence-electron chi connectivity index (χ2n) is 6.21. The molecule has 140 valence electrons. The second-order valence-corrected chi connectivity index (χ2v) is 6.21. The minimum Gasteiger partial charge on any atom is -0.493 e. The van der Waals surface area contributed by atoms with Crippen LogP contribution in [0.15, 0.2) is 65.7 Å². The summed E-state index contributed by atoms with van der Waals surface area (Å²) in [6, 6.07) is 20.4. The summed E-state index contributed by atoms with van der Waals surface area (Å²) in [6.45, 7) is 1.25. The topological polar surface area (TPSA) is 68.9 Å². The number of nitrogens with two attached hydrogens (primary N) is 1. The van der Waals surface area contributed by atoms with Crippen LogP contribution in [0.3, 0.4) is 0 Å². The van der Waals surface area contributed by atoms with Gasteiger partial charge in [0.2, 0.25) is 0 Å². The van der Waals surface area contributed by atoms with Crippen molar-refractivity contribution in [3.8, 4) is 11.5 Å². The van der Waals surface area contributed by atoms with E-state index in [2.05, 4.69) is 34.6 Å². The van der Waals surface area contributed by atoms with E-state index in [1.54, 1.807) is 14.2 Å². The van der Waals surface area contributed by atoms with Crippen molar-refractivity contribution in [2.24, 2.45) is 10.7 Å². The zero-order valence-electron chi connectivity index (χ0n) is 15.7. The highest BCUT2D eigenvalue weighted by Crippen LogP contribution is 2.27. The third kappa shape index (κ3) is 4.70. The molecule has 3 aromatic carbocycles. The molecule has 0 spiro atoms. The molecule has 27 heavy (non-hydrogen) atoms. The van der Waals surface area contributed by atoms with Crippen molar-refractivity contribution in [3.63, 3.8) is 0 Å². The lowest BCUT2D eigenvalue weighted by atomic mass is 10.1. The number of guanidine groups is 1. The van der Waals surface area contributed by atoms with E-state index in [1.807, 2.05) is 36.4 Å². The fraction of sp³-hybridized carbons (Fsp3) is 0.227. The standard InChI is InChI=1S/C22H25N3O2/c1-26-20-11-10-16(14-21(20)27-2)12-13-24-22(23)25-15-18-8-5-7-17-6-3-4-9-19(17)18/h3-11,14H,12-13,15H2,1-2H3,(H3,23,24,25). The van der Waals surface area contributed by atoms with Gasteiger partial charge in [-0.05, 0) is 40.5 Å². The summed E-state index contributed by atoms with van der Waals surface area (Å²) in [5.74, 6) is 1.90. The highest BCUT2D eigenvalue weighted by molar-refractivity contribution is 5.86. The van der Waals surface area contributed by atoms with E-state index in [-0.39, 0.29) is 0 Å². The number of benzene rings is 3. The van der Waals surface area contributed by atoms with Crippen molar-refractivity contribution in [3.05, 3.63) is 71.8 Å². The Morgan fingerprint density at radius 3 is 2.56 bits per heavy atom. The van der Waals surface area contributed by atoms with Crippen molar-refractivity contribution in [2.75, 3.05) is 20.8 Å². The first kappa shape index (κ1) is 18.6. The molecule has 5 nitrogen and oxygen atoms in total. The number of rotatable bonds is 7. The zero-order chi connectivity index (χ0) is 19.1. The molecule has 0 fully saturated rings. The lowest BCUT2D eigenvalue weighted by Gasteiger charge is -2.10. The summed E-state index contributed by atoms with van der Waals surface area (Å²) < 4.78 is 10.6. The molecule has 0 atom stereocenters. The largest absolute Gasteiger partial charge is 0.493 e. The van der Waals surface area contributed by atoms with E-state index >= 15 is 0 Å². The van der Waals surface area contributed by atoms with Crippen LogP contribution in [-0.2, 0) is 13.0 Å². The van der Waals surface area contributed by atoms with Crippen LogP contribution >= 0.6 is 0 Å². The minimum atomic E-state index is 0.448. The van der Waals surface area contributed by atoms with Crippen LogP contribution in [0, 0.1) is 0 Å². The van der Waals surface area contributed by atoms with Crippen molar-refractivity contribution < 1.29 is 9.47 Å². The Labute approximate surface area is 159 Å². The van der Waals surface area contributed by atoms with Gasteiger partial charge >= 0.3 is 0 Å². The molecular weight excluding hydrogens is 338 g/mol. The van der Waals surface area contributed by atoms with Gasteiger partial charge in [0.25, 0.3) is 0 Å². The summed E-state index contributed by atoms with van der Waals surface area (Å²) in [5, 5.41) is 5.59. The van der Waals surface area contributed by atoms with Gasteiger partial charge < -0.3 is 20.5 Å². The molecule has 0 heterocycles. The van der Waals surface area contributed by atoms with Gasteiger partial charge in [-0.25, -0.2) is 4.99 Å². The first-order valence-electron chi connectivity index (χ1n) is 8.92. The summed E-state index contributed by atoms with van der Waals surface area (Å²) in [7, 11) is 3.27. The number of hydrogen-bond acceptors (Lipinski definition) is 3. The van der Waals surface area contributed by atoms with E-state index < -0.39 is 0 Å². The molecule has 0 aliphatic heterocycles. The molecule has 0 saturated heterocycles. The maximum absolute atomic E-state index is 6.03. The Kier molecular flexibility index (Phi) is 6.15. The van der Waals surface area contributed by atoms with Gasteiger partial charge in [0.05, 0.1) is 20.8 Å². The molecule has 0 aliphatic rings. The fourth-order valence-corrected chi connectivity index (χ4v) is 3.03. The predicted octanol–water partition coefficient (Wildman–Crippen LogP) is 3.50. The number of nitrogens with one attached hydrogen (secondary N) is 1. The number of ether oxygens (including phenoxy) is 2. The summed E-state index contributed by atoms with van der Waals surface area (Å²) in [6.07, 6.45) is 0.810. The molecule has 0 aromatic heterocycles. The predicted molar refractivity (Wildman–Crippen MR) is 111 cm³/mol. The Morgan fingerprint density at radius 2 is 1.74 bits per heavy atom. The van der Waals surface area contributed by atoms with E-state index in [9.17, 15) is 0 Å². The minimum absolute atomic E-state index is 0.448. The van der Waals surface area contributed by atoms with Gasteiger partial charge in [-0.15, -0.1) is 0 Å². The molecule has 0 unspecified atom stereocenters. The van der Waals surface area contributed by atoms with Crippen LogP contribution in [0.2, 0.25) is 0 Å². The van der Waals surface area contributed by atoms with E-state index in [4.69, 9.17) is 15.2 Å². The molecular formula is C22H25N3O2. The quantitative estimate of drug-likeness (QED) is 0.498. The summed E-state index contributed by atoms with van der Waals surface area (Å²) in [4.78, 5) is 4.48. The summed E-state index contributed by atoms with van der Waals surface area (Å²) in [5.41, 5.74) is 8.33. The van der Waals surface area contributed by atoms with Crippen molar-refractivity contribution in [1.82, 2.24) is 5.32 Å². The molecule has 0 amide bonds. The number of nitrogens with zero attached hydrogens (tertiary/aromatic N) is 1. The van der Waals surface area contributed by atoms with Crippen molar-refractivity contribution in [1.29, 1.82) is 0 Å². The third-order valence-electron chi connectivity index (χ3n) is 4.47. The second kappa shape index (κ2) is 8.94. The Morgan fingerprint density at radius 1 is 0.963 bits per heavy atom. The van der Waals surface area contributed by atoms with Crippen LogP contribution in [0.5, 0.6) is 11.5 Å². The number of aliphatic imine (C=N–C) groups is 1. The van der Waals surface area contributed by atoms with Crippen molar-refractivity contribution >= 4 is 16.7 Å². The lowest BCUT2D eigenvalue weighted by molar-refractivity contribution is 0.354. The van der Waals surface area contributed by atoms with E-state index in [0.29, 0.717) is 19.0 Å². The Bertz CT molecular complexity index is 932. The SMILES string of the molecule is COc1ccc(CCNC(N)=NCc2cccc3ccccc23)cc1OC. The maximum atomic E-state index is 6.03. The average molecular weight is 363 g/mol. The first-order chi connectivity index (χ1) is 13.2. The Balaban J connectivity index is 1.57. The van der Waals surface area contributed by atoms with Crippen LogP contribution in [-0.4, -0.2) is 26.7 Å². The molecule has 3 aromatic rings. The van der Waals surface area contributed by atoms with Crippen molar-refractivity contribution in [2.45, 2.75) is 13.0 Å². The lowest BCUT2D eigenvalue weighted by Crippen LogP contribution is -2.33. The molecule has 0 aliphatic carbocycles. The number of methoxy groups -OCH3 is 2. The van der Waals surface area contributed by atoms with Gasteiger partial charge in [0, 0.05) is 6.54 Å². The zero-order valence-corrected chi connectivity index (χ0v) is 15.7. The smallest absolute Gasteiger partial charge is 0.188 e. The van der Waals surface area contributed by atoms with Gasteiger partial charge in [0.15, 0.2) is 17.5 Å². The Hall–Kier alpha value is -3.21. The fourth-order valence-electron chi connectivity index (χ4n) is 3.03. The van der Waals surface area contributed by atoms with Gasteiger partial charge in [0.1, 0.15) is 0 Å². The molecule has 0 saturated carbocycles. The van der Waals surface area contributed by atoms with Gasteiger partial charge in [-0.3, -0.25) is 0 Å². The maximum Gasteiger partial charge on any atom is 0.188 e. The van der Waals surface area contributed by atoms with Crippen LogP contribution in [0.25, 0.3) is 10.8 Å². The normalized spacial score (nSPS) is 11.4. The summed E-state index contributed by atoms with van der Waals surface area (Å²) >= 11 is 0. The van der Waals surface area contributed by atoms with Crippen LogP contribution in [0.1, 0.15) is 11.1 Å². The van der Waals surface area contributed by atoms with Crippen LogP contribution in [0.4, 0.5) is 0 Å². The molecule has 0 radical (unpaired) electrons. The molecule has 3 rings (SSSR count). The van der Waals surface area contributed by atoms with E-state index in [1.165, 1.54) is 10.8 Å². The average Bonchev–Trinajstić information content (AvgIpc) is 2.72. The number of fused-ring (bicyclic) bond motifs is 1. The molecule has 3 N–H and O–H groups in total. The monoisotopic (exact) mass is 363 g/mol. The highest BCUT2D eigenvalue weighted by atomic mass is 16.5. The van der Waals surface area contributed by atoms with Crippen LogP contribution < -0.4 is 20.5 Å². The van der Waals surface area contributed by atoms with Gasteiger partial charge in [-0.2, -0.15) is 0 Å². The third-order valence-corrected chi connectivity index (χ3v) is 4.47. The molecule has 5 heteroatoms. The molecule has 0 bridgehead atoms. The van der Waals surface area contributed by atoms with Gasteiger partial charge in [-0.1, -0.05) is 48.5 Å². The first-order valence-corrected chi connectivity index (χ1v) is 8.92. The highest BCUT2D eigenvalue weighted by Gasteiger charge is 2.05. The number of hydrogen-bond donors (Lipinski definition) is 2. The van der Waals surface area contributed by atoms with E-state index in [0.717, 1.165) is 29.0 Å².